The third-order valence-corrected chi connectivity index (χ3v) is 4.02. The molecule has 0 saturated heterocycles. The number of hydrogen-bond donors (Lipinski definition) is 1. The first-order valence-electron chi connectivity index (χ1n) is 7.31. The minimum absolute atomic E-state index is 0.0120. The molecule has 1 N–H and O–H groups in total. The van der Waals surface area contributed by atoms with Gasteiger partial charge < -0.3 is 4.98 Å². The first-order valence-corrected chi connectivity index (χ1v) is 7.31. The smallest absolute Gasteiger partial charge is 0.347 e. The molecule has 0 unspecified atom stereocenters. The van der Waals surface area contributed by atoms with Crippen molar-refractivity contribution in [3.8, 4) is 0 Å². The Hall–Kier alpha value is -2.18. The van der Waals surface area contributed by atoms with Crippen molar-refractivity contribution in [2.45, 2.75) is 38.3 Å². The molecule has 0 fully saturated rings. The summed E-state index contributed by atoms with van der Waals surface area (Å²) in [7, 11) is 0. The van der Waals surface area contributed by atoms with E-state index in [-0.39, 0.29) is 24.0 Å². The Labute approximate surface area is 129 Å². The number of aromatic amines is 1. The van der Waals surface area contributed by atoms with Crippen molar-refractivity contribution < 1.29 is 17.6 Å². The van der Waals surface area contributed by atoms with Gasteiger partial charge in [0.05, 0.1) is 5.56 Å². The summed E-state index contributed by atoms with van der Waals surface area (Å²) in [6, 6.07) is 2.63. The molecule has 0 spiro atoms. The van der Waals surface area contributed by atoms with Crippen LogP contribution in [0.4, 0.5) is 17.6 Å². The molecule has 0 amide bonds. The van der Waals surface area contributed by atoms with Crippen LogP contribution in [0.25, 0.3) is 0 Å². The number of nitrogens with one attached hydrogen (secondary N) is 1. The Kier molecular flexibility index (Phi) is 3.95. The van der Waals surface area contributed by atoms with Gasteiger partial charge in [0, 0.05) is 17.7 Å². The van der Waals surface area contributed by atoms with Gasteiger partial charge in [-0.05, 0) is 43.4 Å². The molecule has 3 nitrogen and oxygen atoms in total. The summed E-state index contributed by atoms with van der Waals surface area (Å²) in [6.07, 6.45) is -2.11. The number of H-pyrrole nitrogens is 1. The Bertz CT molecular complexity index is 796. The van der Waals surface area contributed by atoms with E-state index in [4.69, 9.17) is 0 Å². The summed E-state index contributed by atoms with van der Waals surface area (Å²) in [5.74, 6) is -0.557. The molecular formula is C16H14F4N2O. The van der Waals surface area contributed by atoms with Crippen LogP contribution >= 0.6 is 0 Å². The van der Waals surface area contributed by atoms with Crippen LogP contribution < -0.4 is 5.56 Å². The number of halogens is 4. The molecule has 0 saturated carbocycles. The summed E-state index contributed by atoms with van der Waals surface area (Å²) in [5.41, 5.74) is 0.200. The maximum Gasteiger partial charge on any atom is 0.416 e. The van der Waals surface area contributed by atoms with Gasteiger partial charge in [0.2, 0.25) is 0 Å². The van der Waals surface area contributed by atoms with Crippen LogP contribution in [0.5, 0.6) is 0 Å². The second-order valence-corrected chi connectivity index (χ2v) is 5.60. The highest BCUT2D eigenvalue weighted by Crippen LogP contribution is 2.33. The molecule has 1 aliphatic carbocycles. The van der Waals surface area contributed by atoms with Crippen molar-refractivity contribution in [2.24, 2.45) is 0 Å². The summed E-state index contributed by atoms with van der Waals surface area (Å²) >= 11 is 0. The molecule has 7 heteroatoms. The zero-order valence-corrected chi connectivity index (χ0v) is 12.1. The monoisotopic (exact) mass is 326 g/mol. The first kappa shape index (κ1) is 15.7. The van der Waals surface area contributed by atoms with E-state index in [1.54, 1.807) is 0 Å². The van der Waals surface area contributed by atoms with Crippen molar-refractivity contribution in [3.05, 3.63) is 62.6 Å². The van der Waals surface area contributed by atoms with Crippen LogP contribution in [0.1, 0.15) is 34.6 Å². The number of nitrogens with zero attached hydrogens (tertiary/aromatic N) is 1. The number of rotatable bonds is 3. The van der Waals surface area contributed by atoms with Gasteiger partial charge in [0.25, 0.3) is 5.56 Å². The van der Waals surface area contributed by atoms with Gasteiger partial charge >= 0.3 is 6.18 Å². The fraction of sp³-hybridized carbons (Fsp3) is 0.375. The van der Waals surface area contributed by atoms with Crippen molar-refractivity contribution in [3.63, 3.8) is 0 Å². The average Bonchev–Trinajstić information content (AvgIpc) is 2.94. The average molecular weight is 326 g/mol. The van der Waals surface area contributed by atoms with E-state index in [1.165, 1.54) is 0 Å². The lowest BCUT2D eigenvalue weighted by Crippen LogP contribution is -2.18. The van der Waals surface area contributed by atoms with E-state index in [9.17, 15) is 22.4 Å². The quantitative estimate of drug-likeness (QED) is 0.881. The van der Waals surface area contributed by atoms with Crippen molar-refractivity contribution in [1.82, 2.24) is 9.97 Å². The molecule has 2 aromatic rings. The van der Waals surface area contributed by atoms with Gasteiger partial charge in [-0.2, -0.15) is 18.2 Å². The largest absolute Gasteiger partial charge is 0.416 e. The number of benzene rings is 1. The minimum Gasteiger partial charge on any atom is -0.347 e. The van der Waals surface area contributed by atoms with Crippen LogP contribution in [-0.4, -0.2) is 9.97 Å². The number of hydrogen-bond acceptors (Lipinski definition) is 2. The van der Waals surface area contributed by atoms with E-state index < -0.39 is 17.6 Å². The predicted molar refractivity (Wildman–Crippen MR) is 75.7 cm³/mol. The molecule has 0 radical (unpaired) electrons. The first-order chi connectivity index (χ1) is 10.8. The SMILES string of the molecule is O=c1nc(CCc2ccc(F)cc2C(F)(F)F)[nH]c2c1CCC2. The minimum atomic E-state index is -4.61. The van der Waals surface area contributed by atoms with Crippen LogP contribution in [0.2, 0.25) is 0 Å². The fourth-order valence-corrected chi connectivity index (χ4v) is 2.91. The van der Waals surface area contributed by atoms with Crippen molar-refractivity contribution >= 4 is 0 Å². The second kappa shape index (κ2) is 5.79. The topological polar surface area (TPSA) is 45.8 Å². The molecule has 23 heavy (non-hydrogen) atoms. The molecule has 1 aliphatic rings. The lowest BCUT2D eigenvalue weighted by molar-refractivity contribution is -0.138. The Morgan fingerprint density at radius 2 is 1.96 bits per heavy atom. The maximum atomic E-state index is 13.1. The molecule has 1 aromatic heterocycles. The summed E-state index contributed by atoms with van der Waals surface area (Å²) in [5, 5.41) is 0. The highest BCUT2D eigenvalue weighted by molar-refractivity contribution is 5.31. The summed E-state index contributed by atoms with van der Waals surface area (Å²) in [6.45, 7) is 0. The number of aromatic nitrogens is 2. The molecule has 0 aliphatic heterocycles. The fourth-order valence-electron chi connectivity index (χ4n) is 2.91. The van der Waals surface area contributed by atoms with Crippen LogP contribution in [0.3, 0.4) is 0 Å². The standard InChI is InChI=1S/C16H14F4N2O/c17-10-6-4-9(12(8-10)16(18,19)20)5-7-14-21-13-3-1-2-11(13)15(23)22-14/h4,6,8H,1-3,5,7H2,(H,21,22,23). The zero-order valence-electron chi connectivity index (χ0n) is 12.1. The van der Waals surface area contributed by atoms with Gasteiger partial charge in [-0.1, -0.05) is 6.07 Å². The lowest BCUT2D eigenvalue weighted by atomic mass is 10.0. The van der Waals surface area contributed by atoms with Gasteiger partial charge in [0.15, 0.2) is 0 Å². The normalized spacial score (nSPS) is 14.1. The molecule has 1 aromatic carbocycles. The predicted octanol–water partition coefficient (Wildman–Crippen LogP) is 3.20. The third-order valence-electron chi connectivity index (χ3n) is 4.02. The van der Waals surface area contributed by atoms with Gasteiger partial charge in [0.1, 0.15) is 11.6 Å². The molecule has 122 valence electrons. The van der Waals surface area contributed by atoms with Crippen molar-refractivity contribution in [2.75, 3.05) is 0 Å². The number of aryl methyl sites for hydroxylation is 3. The van der Waals surface area contributed by atoms with Gasteiger partial charge in [-0.15, -0.1) is 0 Å². The van der Waals surface area contributed by atoms with Gasteiger partial charge in [-0.25, -0.2) is 4.39 Å². The van der Waals surface area contributed by atoms with E-state index in [0.29, 0.717) is 23.9 Å². The van der Waals surface area contributed by atoms with Crippen LogP contribution in [-0.2, 0) is 31.9 Å². The Balaban J connectivity index is 1.85. The highest BCUT2D eigenvalue weighted by Gasteiger charge is 2.33. The van der Waals surface area contributed by atoms with E-state index in [1.807, 2.05) is 0 Å². The number of alkyl halides is 3. The summed E-state index contributed by atoms with van der Waals surface area (Å²) < 4.78 is 52.0. The molecule has 3 rings (SSSR count). The number of fused-ring (bicyclic) bond motifs is 1. The van der Waals surface area contributed by atoms with E-state index >= 15 is 0 Å². The highest BCUT2D eigenvalue weighted by atomic mass is 19.4. The van der Waals surface area contributed by atoms with Crippen molar-refractivity contribution in [1.29, 1.82) is 0 Å². The lowest BCUT2D eigenvalue weighted by Gasteiger charge is -2.13. The Morgan fingerprint density at radius 1 is 1.17 bits per heavy atom. The van der Waals surface area contributed by atoms with Crippen LogP contribution in [0.15, 0.2) is 23.0 Å². The Morgan fingerprint density at radius 3 is 2.70 bits per heavy atom. The summed E-state index contributed by atoms with van der Waals surface area (Å²) in [4.78, 5) is 18.8. The second-order valence-electron chi connectivity index (χ2n) is 5.60. The molecule has 0 atom stereocenters. The van der Waals surface area contributed by atoms with Gasteiger partial charge in [-0.3, -0.25) is 4.79 Å². The van der Waals surface area contributed by atoms with E-state index in [0.717, 1.165) is 30.7 Å². The molecule has 1 heterocycles. The third kappa shape index (κ3) is 3.28. The molecule has 0 bridgehead atoms. The molecular weight excluding hydrogens is 312 g/mol. The van der Waals surface area contributed by atoms with Crippen LogP contribution in [0, 0.1) is 5.82 Å². The van der Waals surface area contributed by atoms with E-state index in [2.05, 4.69) is 9.97 Å². The maximum absolute atomic E-state index is 13.1. The zero-order chi connectivity index (χ0) is 16.6.